The summed E-state index contributed by atoms with van der Waals surface area (Å²) in [7, 11) is 0. The van der Waals surface area contributed by atoms with E-state index in [4.69, 9.17) is 0 Å². The van der Waals surface area contributed by atoms with Gasteiger partial charge in [0.15, 0.2) is 0 Å². The molecule has 5 atom stereocenters. The molecule has 146 valence electrons. The Labute approximate surface area is 154 Å². The fourth-order valence-corrected chi connectivity index (χ4v) is 4.31. The van der Waals surface area contributed by atoms with Gasteiger partial charge in [0.2, 0.25) is 0 Å². The number of rotatable bonds is 13. The lowest BCUT2D eigenvalue weighted by atomic mass is 9.79. The van der Waals surface area contributed by atoms with Gasteiger partial charge in [0.1, 0.15) is 5.78 Å². The van der Waals surface area contributed by atoms with Crippen LogP contribution in [0.25, 0.3) is 0 Å². The molecule has 2 N–H and O–H groups in total. The highest BCUT2D eigenvalue weighted by molar-refractivity contribution is 5.75. The first-order chi connectivity index (χ1) is 12.0. The molecule has 1 saturated carbocycles. The number of carbonyl (C=O) groups excluding carboxylic acids is 1. The number of hydrogen-bond acceptors (Lipinski definition) is 3. The van der Waals surface area contributed by atoms with Crippen molar-refractivity contribution in [3.63, 3.8) is 0 Å². The minimum atomic E-state index is -0.202. The number of aliphatic hydroxyl groups is 2. The van der Waals surface area contributed by atoms with Gasteiger partial charge in [0, 0.05) is 6.42 Å². The zero-order chi connectivity index (χ0) is 18.7. The molecular formula is C22H40O3. The maximum atomic E-state index is 10.9. The summed E-state index contributed by atoms with van der Waals surface area (Å²) in [6, 6.07) is 0. The molecule has 0 bridgehead atoms. The Morgan fingerprint density at radius 1 is 1.20 bits per heavy atom. The van der Waals surface area contributed by atoms with Crippen LogP contribution in [-0.2, 0) is 4.79 Å². The van der Waals surface area contributed by atoms with Gasteiger partial charge in [0.25, 0.3) is 0 Å². The zero-order valence-electron chi connectivity index (χ0n) is 16.6. The summed E-state index contributed by atoms with van der Waals surface area (Å²) in [6.45, 7) is 6.07. The van der Waals surface area contributed by atoms with Crippen LogP contribution in [0.5, 0.6) is 0 Å². The predicted octanol–water partition coefficient (Wildman–Crippen LogP) is 5.05. The van der Waals surface area contributed by atoms with Crippen molar-refractivity contribution >= 4 is 5.78 Å². The molecular weight excluding hydrogens is 312 g/mol. The van der Waals surface area contributed by atoms with Crippen molar-refractivity contribution in [3.8, 4) is 0 Å². The van der Waals surface area contributed by atoms with Gasteiger partial charge >= 0.3 is 0 Å². The van der Waals surface area contributed by atoms with Gasteiger partial charge in [-0.3, -0.25) is 0 Å². The van der Waals surface area contributed by atoms with Crippen molar-refractivity contribution in [2.45, 2.75) is 104 Å². The third kappa shape index (κ3) is 9.01. The van der Waals surface area contributed by atoms with Gasteiger partial charge in [0.05, 0.1) is 12.2 Å². The van der Waals surface area contributed by atoms with Gasteiger partial charge in [-0.2, -0.15) is 0 Å². The lowest BCUT2D eigenvalue weighted by Crippen LogP contribution is -2.25. The molecule has 0 amide bonds. The molecule has 0 heterocycles. The average molecular weight is 353 g/mol. The van der Waals surface area contributed by atoms with Crippen molar-refractivity contribution in [2.75, 3.05) is 0 Å². The molecule has 0 aromatic rings. The van der Waals surface area contributed by atoms with E-state index >= 15 is 0 Å². The second-order valence-electron chi connectivity index (χ2n) is 8.14. The van der Waals surface area contributed by atoms with Gasteiger partial charge in [-0.05, 0) is 69.6 Å². The van der Waals surface area contributed by atoms with E-state index in [-0.39, 0.29) is 18.0 Å². The molecule has 0 spiro atoms. The molecule has 0 aromatic carbocycles. The Balaban J connectivity index is 2.38. The molecule has 0 aromatic heterocycles. The van der Waals surface area contributed by atoms with Gasteiger partial charge in [-0.1, -0.05) is 45.3 Å². The van der Waals surface area contributed by atoms with E-state index in [1.165, 1.54) is 12.8 Å². The van der Waals surface area contributed by atoms with E-state index in [1.807, 2.05) is 0 Å². The highest BCUT2D eigenvalue weighted by Crippen LogP contribution is 2.41. The second kappa shape index (κ2) is 12.6. The number of aliphatic hydroxyl groups excluding tert-OH is 2. The average Bonchev–Trinajstić information content (AvgIpc) is 2.91. The SMILES string of the molecule is CCCCC[C@H](O)CC(C)[C@H]1CC[C@H](O)[C@@H]1C/C=C\CCCC(C)=O. The fraction of sp³-hybridized carbons (Fsp3) is 0.864. The first-order valence-electron chi connectivity index (χ1n) is 10.5. The number of carbonyl (C=O) groups is 1. The lowest BCUT2D eigenvalue weighted by molar-refractivity contribution is -0.117. The Bertz CT molecular complexity index is 391. The molecule has 0 saturated heterocycles. The maximum absolute atomic E-state index is 10.9. The standard InChI is InChI=1S/C22H40O3/c1-4-5-8-12-19(24)16-17(2)20-14-15-22(25)21(20)13-10-7-6-9-11-18(3)23/h7,10,17,19-22,24-25H,4-6,8-9,11-16H2,1-3H3/b10-7-/t17?,19-,20+,21+,22-/m0/s1. The Morgan fingerprint density at radius 2 is 1.96 bits per heavy atom. The van der Waals surface area contributed by atoms with Crippen LogP contribution in [0.1, 0.15) is 91.4 Å². The maximum Gasteiger partial charge on any atom is 0.129 e. The first-order valence-corrected chi connectivity index (χ1v) is 10.5. The van der Waals surface area contributed by atoms with Crippen LogP contribution >= 0.6 is 0 Å². The predicted molar refractivity (Wildman–Crippen MR) is 104 cm³/mol. The quantitative estimate of drug-likeness (QED) is 0.360. The highest BCUT2D eigenvalue weighted by Gasteiger charge is 2.37. The summed E-state index contributed by atoms with van der Waals surface area (Å²) in [6.07, 6.45) is 14.6. The van der Waals surface area contributed by atoms with Crippen LogP contribution in [0, 0.1) is 17.8 Å². The molecule has 0 aliphatic heterocycles. The third-order valence-electron chi connectivity index (χ3n) is 5.83. The summed E-state index contributed by atoms with van der Waals surface area (Å²) in [5.41, 5.74) is 0. The minimum Gasteiger partial charge on any atom is -0.393 e. The largest absolute Gasteiger partial charge is 0.393 e. The molecule has 3 heteroatoms. The van der Waals surface area contributed by atoms with Gasteiger partial charge < -0.3 is 15.0 Å². The molecule has 1 fully saturated rings. The first kappa shape index (κ1) is 22.4. The third-order valence-corrected chi connectivity index (χ3v) is 5.83. The van der Waals surface area contributed by atoms with Crippen molar-refractivity contribution in [1.82, 2.24) is 0 Å². The van der Waals surface area contributed by atoms with E-state index in [0.29, 0.717) is 24.2 Å². The van der Waals surface area contributed by atoms with Crippen molar-refractivity contribution in [1.29, 1.82) is 0 Å². The monoisotopic (exact) mass is 352 g/mol. The Morgan fingerprint density at radius 3 is 2.64 bits per heavy atom. The van der Waals surface area contributed by atoms with E-state index in [2.05, 4.69) is 26.0 Å². The van der Waals surface area contributed by atoms with Crippen LogP contribution in [0.15, 0.2) is 12.2 Å². The Hall–Kier alpha value is -0.670. The molecule has 1 aliphatic rings. The van der Waals surface area contributed by atoms with Gasteiger partial charge in [-0.15, -0.1) is 0 Å². The van der Waals surface area contributed by atoms with Crippen LogP contribution in [-0.4, -0.2) is 28.2 Å². The lowest BCUT2D eigenvalue weighted by Gasteiger charge is -2.28. The van der Waals surface area contributed by atoms with E-state index in [1.54, 1.807) is 6.92 Å². The van der Waals surface area contributed by atoms with Crippen LogP contribution < -0.4 is 0 Å². The topological polar surface area (TPSA) is 57.5 Å². The fourth-order valence-electron chi connectivity index (χ4n) is 4.31. The van der Waals surface area contributed by atoms with Crippen molar-refractivity contribution in [2.24, 2.45) is 17.8 Å². The van der Waals surface area contributed by atoms with Gasteiger partial charge in [-0.25, -0.2) is 0 Å². The molecule has 1 unspecified atom stereocenters. The van der Waals surface area contributed by atoms with Crippen LogP contribution in [0.4, 0.5) is 0 Å². The zero-order valence-corrected chi connectivity index (χ0v) is 16.6. The van der Waals surface area contributed by atoms with E-state index < -0.39 is 0 Å². The summed E-state index contributed by atoms with van der Waals surface area (Å²) in [5.74, 6) is 1.55. The summed E-state index contributed by atoms with van der Waals surface area (Å²) >= 11 is 0. The smallest absolute Gasteiger partial charge is 0.129 e. The van der Waals surface area contributed by atoms with Crippen LogP contribution in [0.3, 0.4) is 0 Å². The number of ketones is 1. The summed E-state index contributed by atoms with van der Waals surface area (Å²) in [4.78, 5) is 10.9. The summed E-state index contributed by atoms with van der Waals surface area (Å²) in [5, 5.41) is 20.6. The number of allylic oxidation sites excluding steroid dienone is 2. The Kier molecular flexibility index (Phi) is 11.3. The number of Topliss-reactive ketones (excluding diaryl/α,β-unsaturated/α-hetero) is 1. The van der Waals surface area contributed by atoms with Crippen molar-refractivity contribution in [3.05, 3.63) is 12.2 Å². The normalized spacial score (nSPS) is 26.2. The number of hydrogen-bond donors (Lipinski definition) is 2. The van der Waals surface area contributed by atoms with E-state index in [0.717, 1.165) is 51.4 Å². The van der Waals surface area contributed by atoms with Crippen LogP contribution in [0.2, 0.25) is 0 Å². The highest BCUT2D eigenvalue weighted by atomic mass is 16.3. The summed E-state index contributed by atoms with van der Waals surface area (Å²) < 4.78 is 0. The molecule has 1 rings (SSSR count). The van der Waals surface area contributed by atoms with E-state index in [9.17, 15) is 15.0 Å². The number of unbranched alkanes of at least 4 members (excludes halogenated alkanes) is 3. The van der Waals surface area contributed by atoms with Crippen molar-refractivity contribution < 1.29 is 15.0 Å². The molecule has 3 nitrogen and oxygen atoms in total. The molecule has 25 heavy (non-hydrogen) atoms. The molecule has 1 aliphatic carbocycles. The minimum absolute atomic E-state index is 0.193. The second-order valence-corrected chi connectivity index (χ2v) is 8.14. The molecule has 0 radical (unpaired) electrons.